The summed E-state index contributed by atoms with van der Waals surface area (Å²) in [5.74, 6) is 0.715. The second kappa shape index (κ2) is 7.79. The van der Waals surface area contributed by atoms with E-state index in [-0.39, 0.29) is 18.6 Å². The Balaban J connectivity index is 2.52. The monoisotopic (exact) mass is 264 g/mol. The standard InChI is InChI=1S/C15H24N2O2/c1-4-14(16)12-7-9-13(10-8-12)19-11-15(18)17(5-2)6-3/h7-10,14H,4-6,11,16H2,1-3H3/t14-/m1/s1. The van der Waals surface area contributed by atoms with E-state index in [1.165, 1.54) is 0 Å². The first kappa shape index (κ1) is 15.5. The van der Waals surface area contributed by atoms with E-state index in [0.29, 0.717) is 18.8 Å². The molecule has 19 heavy (non-hydrogen) atoms. The Morgan fingerprint density at radius 2 is 1.79 bits per heavy atom. The first-order chi connectivity index (χ1) is 9.12. The second-order valence-corrected chi connectivity index (χ2v) is 4.44. The summed E-state index contributed by atoms with van der Waals surface area (Å²) in [5.41, 5.74) is 7.03. The Morgan fingerprint density at radius 3 is 2.26 bits per heavy atom. The van der Waals surface area contributed by atoms with Crippen LogP contribution in [0.2, 0.25) is 0 Å². The Hall–Kier alpha value is -1.55. The summed E-state index contributed by atoms with van der Waals surface area (Å²) in [6.07, 6.45) is 0.903. The maximum Gasteiger partial charge on any atom is 0.260 e. The lowest BCUT2D eigenvalue weighted by atomic mass is 10.1. The molecule has 1 atom stereocenters. The molecule has 4 nitrogen and oxygen atoms in total. The summed E-state index contributed by atoms with van der Waals surface area (Å²) in [5, 5.41) is 0. The number of carbonyl (C=O) groups is 1. The third-order valence-electron chi connectivity index (χ3n) is 3.23. The molecule has 4 heteroatoms. The van der Waals surface area contributed by atoms with E-state index < -0.39 is 0 Å². The van der Waals surface area contributed by atoms with Gasteiger partial charge in [-0.2, -0.15) is 0 Å². The zero-order valence-corrected chi connectivity index (χ0v) is 12.1. The van der Waals surface area contributed by atoms with Gasteiger partial charge >= 0.3 is 0 Å². The van der Waals surface area contributed by atoms with Crippen molar-refractivity contribution < 1.29 is 9.53 Å². The van der Waals surface area contributed by atoms with Crippen LogP contribution in [0.15, 0.2) is 24.3 Å². The van der Waals surface area contributed by atoms with Crippen LogP contribution in [-0.4, -0.2) is 30.5 Å². The van der Waals surface area contributed by atoms with Crippen molar-refractivity contribution in [1.29, 1.82) is 0 Å². The number of nitrogens with zero attached hydrogens (tertiary/aromatic N) is 1. The van der Waals surface area contributed by atoms with Crippen molar-refractivity contribution in [3.05, 3.63) is 29.8 Å². The number of ether oxygens (including phenoxy) is 1. The van der Waals surface area contributed by atoms with Gasteiger partial charge in [0.05, 0.1) is 0 Å². The minimum atomic E-state index is 0.0133. The fourth-order valence-electron chi connectivity index (χ4n) is 1.86. The van der Waals surface area contributed by atoms with Crippen LogP contribution >= 0.6 is 0 Å². The zero-order chi connectivity index (χ0) is 14.3. The van der Waals surface area contributed by atoms with Gasteiger partial charge in [-0.25, -0.2) is 0 Å². The predicted octanol–water partition coefficient (Wildman–Crippen LogP) is 2.34. The van der Waals surface area contributed by atoms with E-state index in [2.05, 4.69) is 6.92 Å². The summed E-state index contributed by atoms with van der Waals surface area (Å²) in [6.45, 7) is 7.48. The molecule has 2 N–H and O–H groups in total. The molecule has 0 saturated carbocycles. The van der Waals surface area contributed by atoms with E-state index in [0.717, 1.165) is 12.0 Å². The lowest BCUT2D eigenvalue weighted by molar-refractivity contribution is -0.132. The van der Waals surface area contributed by atoms with Crippen molar-refractivity contribution in [2.75, 3.05) is 19.7 Å². The summed E-state index contributed by atoms with van der Waals surface area (Å²) in [6, 6.07) is 7.68. The molecule has 1 aromatic rings. The van der Waals surface area contributed by atoms with Gasteiger partial charge in [0.15, 0.2) is 6.61 Å². The number of likely N-dealkylation sites (N-methyl/N-ethyl adjacent to an activating group) is 1. The van der Waals surface area contributed by atoms with Crippen molar-refractivity contribution in [1.82, 2.24) is 4.90 Å². The lowest BCUT2D eigenvalue weighted by Crippen LogP contribution is -2.34. The first-order valence-electron chi connectivity index (χ1n) is 6.88. The minimum absolute atomic E-state index is 0.0133. The molecule has 0 fully saturated rings. The van der Waals surface area contributed by atoms with Crippen LogP contribution in [0.4, 0.5) is 0 Å². The Bertz CT molecular complexity index is 386. The van der Waals surface area contributed by atoms with Crippen LogP contribution < -0.4 is 10.5 Å². The smallest absolute Gasteiger partial charge is 0.260 e. The maximum atomic E-state index is 11.8. The molecule has 1 rings (SSSR count). The Labute approximate surface area is 115 Å². The highest BCUT2D eigenvalue weighted by molar-refractivity contribution is 5.77. The van der Waals surface area contributed by atoms with Gasteiger partial charge in [0.1, 0.15) is 5.75 Å². The van der Waals surface area contributed by atoms with E-state index in [1.807, 2.05) is 38.1 Å². The average Bonchev–Trinajstić information content (AvgIpc) is 2.46. The van der Waals surface area contributed by atoms with Crippen LogP contribution in [0.25, 0.3) is 0 Å². The molecule has 0 heterocycles. The molecule has 0 aliphatic carbocycles. The number of hydrogen-bond acceptors (Lipinski definition) is 3. The van der Waals surface area contributed by atoms with Crippen LogP contribution in [0.5, 0.6) is 5.75 Å². The molecular formula is C15H24N2O2. The van der Waals surface area contributed by atoms with Gasteiger partial charge < -0.3 is 15.4 Å². The van der Waals surface area contributed by atoms with Gasteiger partial charge in [-0.15, -0.1) is 0 Å². The molecule has 0 unspecified atom stereocenters. The van der Waals surface area contributed by atoms with Gasteiger partial charge in [0.25, 0.3) is 5.91 Å². The quantitative estimate of drug-likeness (QED) is 0.822. The SMILES string of the molecule is CC[C@@H](N)c1ccc(OCC(=O)N(CC)CC)cc1. The maximum absolute atomic E-state index is 11.8. The number of carbonyl (C=O) groups excluding carboxylic acids is 1. The fourth-order valence-corrected chi connectivity index (χ4v) is 1.86. The third kappa shape index (κ3) is 4.56. The normalized spacial score (nSPS) is 12.0. The topological polar surface area (TPSA) is 55.6 Å². The van der Waals surface area contributed by atoms with Gasteiger partial charge in [-0.1, -0.05) is 19.1 Å². The zero-order valence-electron chi connectivity index (χ0n) is 12.1. The lowest BCUT2D eigenvalue weighted by Gasteiger charge is -2.18. The third-order valence-corrected chi connectivity index (χ3v) is 3.23. The Kier molecular flexibility index (Phi) is 6.36. The van der Waals surface area contributed by atoms with Crippen molar-refractivity contribution in [2.24, 2.45) is 5.73 Å². The number of hydrogen-bond donors (Lipinski definition) is 1. The van der Waals surface area contributed by atoms with E-state index in [1.54, 1.807) is 4.90 Å². The molecule has 0 radical (unpaired) electrons. The molecule has 1 amide bonds. The number of amides is 1. The van der Waals surface area contributed by atoms with E-state index >= 15 is 0 Å². The van der Waals surface area contributed by atoms with Crippen LogP contribution in [0.3, 0.4) is 0 Å². The Morgan fingerprint density at radius 1 is 1.21 bits per heavy atom. The highest BCUT2D eigenvalue weighted by atomic mass is 16.5. The van der Waals surface area contributed by atoms with Gasteiger partial charge in [0, 0.05) is 19.1 Å². The van der Waals surface area contributed by atoms with Crippen molar-refractivity contribution in [3.63, 3.8) is 0 Å². The number of nitrogens with two attached hydrogens (primary N) is 1. The van der Waals surface area contributed by atoms with Gasteiger partial charge in [-0.3, -0.25) is 4.79 Å². The molecule has 0 saturated heterocycles. The highest BCUT2D eigenvalue weighted by Crippen LogP contribution is 2.18. The van der Waals surface area contributed by atoms with Gasteiger partial charge in [0.2, 0.25) is 0 Å². The van der Waals surface area contributed by atoms with E-state index in [9.17, 15) is 4.79 Å². The molecule has 0 aromatic heterocycles. The summed E-state index contributed by atoms with van der Waals surface area (Å²) >= 11 is 0. The van der Waals surface area contributed by atoms with Crippen molar-refractivity contribution >= 4 is 5.91 Å². The van der Waals surface area contributed by atoms with Crippen LogP contribution in [0, 0.1) is 0 Å². The summed E-state index contributed by atoms with van der Waals surface area (Å²) < 4.78 is 5.49. The molecule has 0 aliphatic heterocycles. The number of benzene rings is 1. The van der Waals surface area contributed by atoms with Crippen molar-refractivity contribution in [2.45, 2.75) is 33.2 Å². The van der Waals surface area contributed by atoms with Gasteiger partial charge in [-0.05, 0) is 38.0 Å². The summed E-state index contributed by atoms with van der Waals surface area (Å²) in [4.78, 5) is 13.5. The predicted molar refractivity (Wildman–Crippen MR) is 77.1 cm³/mol. The van der Waals surface area contributed by atoms with Crippen LogP contribution in [-0.2, 0) is 4.79 Å². The largest absolute Gasteiger partial charge is 0.484 e. The first-order valence-corrected chi connectivity index (χ1v) is 6.88. The molecule has 1 aromatic carbocycles. The molecule has 0 aliphatic rings. The van der Waals surface area contributed by atoms with E-state index in [4.69, 9.17) is 10.5 Å². The fraction of sp³-hybridized carbons (Fsp3) is 0.533. The minimum Gasteiger partial charge on any atom is -0.484 e. The average molecular weight is 264 g/mol. The molecular weight excluding hydrogens is 240 g/mol. The summed E-state index contributed by atoms with van der Waals surface area (Å²) in [7, 11) is 0. The van der Waals surface area contributed by atoms with Crippen molar-refractivity contribution in [3.8, 4) is 5.75 Å². The number of rotatable bonds is 7. The second-order valence-electron chi connectivity index (χ2n) is 4.44. The van der Waals surface area contributed by atoms with Crippen LogP contribution in [0.1, 0.15) is 38.8 Å². The molecule has 106 valence electrons. The molecule has 0 spiro atoms. The molecule has 0 bridgehead atoms. The highest BCUT2D eigenvalue weighted by Gasteiger charge is 2.10.